The van der Waals surface area contributed by atoms with Gasteiger partial charge in [0, 0.05) is 17.0 Å². The molecule has 7 heteroatoms. The topological polar surface area (TPSA) is 87.0 Å². The Balaban J connectivity index is 2.47. The Hall–Kier alpha value is -2.51. The number of rotatable bonds is 2. The van der Waals surface area contributed by atoms with Gasteiger partial charge in [0.1, 0.15) is 6.54 Å². The number of nitrogens with zero attached hydrogens (tertiary/aromatic N) is 2. The zero-order valence-corrected chi connectivity index (χ0v) is 13.1. The van der Waals surface area contributed by atoms with Gasteiger partial charge in [0.15, 0.2) is 9.84 Å². The van der Waals surface area contributed by atoms with E-state index in [9.17, 15) is 18.4 Å². The number of sulfone groups is 1. The fourth-order valence-electron chi connectivity index (χ4n) is 2.45. The van der Waals surface area contributed by atoms with E-state index in [1.807, 2.05) is 6.07 Å². The van der Waals surface area contributed by atoms with Gasteiger partial charge in [-0.1, -0.05) is 30.3 Å². The van der Waals surface area contributed by atoms with E-state index in [1.54, 1.807) is 24.3 Å². The van der Waals surface area contributed by atoms with Gasteiger partial charge in [-0.25, -0.2) is 18.5 Å². The first kappa shape index (κ1) is 15.4. The van der Waals surface area contributed by atoms with Gasteiger partial charge < -0.3 is 0 Å². The lowest BCUT2D eigenvalue weighted by Crippen LogP contribution is -2.32. The maximum Gasteiger partial charge on any atom is 0.268 e. The van der Waals surface area contributed by atoms with Crippen molar-refractivity contribution in [1.29, 1.82) is 0 Å². The minimum Gasteiger partial charge on any atom is -0.288 e. The Morgan fingerprint density at radius 2 is 1.83 bits per heavy atom. The highest BCUT2D eigenvalue weighted by atomic mass is 32.2. The summed E-state index contributed by atoms with van der Waals surface area (Å²) in [5.74, 6) is -0.508. The lowest BCUT2D eigenvalue weighted by Gasteiger charge is -2.18. The van der Waals surface area contributed by atoms with Gasteiger partial charge in [-0.3, -0.25) is 10.0 Å². The van der Waals surface area contributed by atoms with Crippen LogP contribution in [-0.2, 0) is 14.6 Å². The highest BCUT2D eigenvalue weighted by molar-refractivity contribution is 7.90. The van der Waals surface area contributed by atoms with Crippen LogP contribution in [-0.4, -0.2) is 37.4 Å². The Morgan fingerprint density at radius 3 is 2.48 bits per heavy atom. The monoisotopic (exact) mass is 330 g/mol. The molecule has 0 unspecified atom stereocenters. The zero-order valence-electron chi connectivity index (χ0n) is 12.3. The Labute approximate surface area is 132 Å². The molecule has 0 aromatic heterocycles. The number of hydrogen-bond donors (Lipinski definition) is 1. The van der Waals surface area contributed by atoms with Gasteiger partial charge in [0.05, 0.1) is 15.9 Å². The number of amides is 1. The molecule has 1 heterocycles. The lowest BCUT2D eigenvalue weighted by molar-refractivity contribution is -0.125. The molecule has 6 nitrogen and oxygen atoms in total. The number of hydrogen-bond acceptors (Lipinski definition) is 5. The molecular weight excluding hydrogens is 316 g/mol. The van der Waals surface area contributed by atoms with E-state index in [0.717, 1.165) is 11.3 Å². The fraction of sp³-hybridized carbons (Fsp3) is 0.125. The van der Waals surface area contributed by atoms with Crippen molar-refractivity contribution >= 4 is 21.4 Å². The van der Waals surface area contributed by atoms with Crippen LogP contribution in [0.2, 0.25) is 0 Å². The molecule has 1 amide bonds. The summed E-state index contributed by atoms with van der Waals surface area (Å²) in [6.07, 6.45) is 1.10. The zero-order chi connectivity index (χ0) is 16.6. The number of hydroxylamine groups is 2. The maximum absolute atomic E-state index is 11.8. The Kier molecular flexibility index (Phi) is 3.75. The SMILES string of the molecule is CS(=O)(=O)c1ccc2c(c1)=C(c1ccccc1)N(O)CC(=O)N=2. The smallest absolute Gasteiger partial charge is 0.268 e. The van der Waals surface area contributed by atoms with Crippen molar-refractivity contribution in [2.24, 2.45) is 4.99 Å². The molecule has 0 spiro atoms. The molecular formula is C16H14N2O4S. The first-order valence-electron chi connectivity index (χ1n) is 6.84. The molecule has 0 aliphatic carbocycles. The molecule has 0 fully saturated rings. The summed E-state index contributed by atoms with van der Waals surface area (Å²) in [6.45, 7) is -0.298. The number of fused-ring (bicyclic) bond motifs is 1. The summed E-state index contributed by atoms with van der Waals surface area (Å²) in [7, 11) is -3.42. The van der Waals surface area contributed by atoms with E-state index in [0.29, 0.717) is 21.8 Å². The average Bonchev–Trinajstić information content (AvgIpc) is 2.61. The normalized spacial score (nSPS) is 15.0. The third kappa shape index (κ3) is 3.01. The van der Waals surface area contributed by atoms with Gasteiger partial charge >= 0.3 is 0 Å². The second-order valence-corrected chi connectivity index (χ2v) is 7.24. The molecule has 1 N–H and O–H groups in total. The predicted octanol–water partition coefficient (Wildman–Crippen LogP) is 0.0976. The van der Waals surface area contributed by atoms with Crippen molar-refractivity contribution in [1.82, 2.24) is 5.06 Å². The van der Waals surface area contributed by atoms with Crippen molar-refractivity contribution in [2.75, 3.05) is 12.8 Å². The first-order valence-corrected chi connectivity index (χ1v) is 8.73. The van der Waals surface area contributed by atoms with Crippen LogP contribution in [0.5, 0.6) is 0 Å². The van der Waals surface area contributed by atoms with Crippen molar-refractivity contribution in [3.63, 3.8) is 0 Å². The van der Waals surface area contributed by atoms with Crippen LogP contribution in [0.3, 0.4) is 0 Å². The molecule has 118 valence electrons. The van der Waals surface area contributed by atoms with Crippen LogP contribution in [0.1, 0.15) is 5.56 Å². The summed E-state index contributed by atoms with van der Waals surface area (Å²) >= 11 is 0. The molecule has 3 rings (SSSR count). The maximum atomic E-state index is 11.8. The number of carbonyl (C=O) groups is 1. The summed E-state index contributed by atoms with van der Waals surface area (Å²) in [5.41, 5.74) is 1.01. The molecule has 2 aromatic carbocycles. The van der Waals surface area contributed by atoms with Gasteiger partial charge in [-0.05, 0) is 18.2 Å². The van der Waals surface area contributed by atoms with Crippen LogP contribution in [0.25, 0.3) is 5.70 Å². The van der Waals surface area contributed by atoms with Gasteiger partial charge in [-0.15, -0.1) is 0 Å². The quantitative estimate of drug-likeness (QED) is 0.844. The predicted molar refractivity (Wildman–Crippen MR) is 82.8 cm³/mol. The molecule has 0 bridgehead atoms. The van der Waals surface area contributed by atoms with Crippen LogP contribution in [0.4, 0.5) is 0 Å². The Bertz CT molecular complexity index is 998. The molecule has 0 saturated carbocycles. The summed E-state index contributed by atoms with van der Waals surface area (Å²) < 4.78 is 23.6. The van der Waals surface area contributed by atoms with E-state index in [2.05, 4.69) is 4.99 Å². The minimum absolute atomic E-state index is 0.0997. The molecule has 0 saturated heterocycles. The molecule has 0 radical (unpaired) electrons. The largest absolute Gasteiger partial charge is 0.288 e. The molecule has 23 heavy (non-hydrogen) atoms. The molecule has 1 aliphatic rings. The van der Waals surface area contributed by atoms with E-state index in [4.69, 9.17) is 0 Å². The highest BCUT2D eigenvalue weighted by Gasteiger charge is 2.19. The lowest BCUT2D eigenvalue weighted by atomic mass is 10.1. The van der Waals surface area contributed by atoms with E-state index >= 15 is 0 Å². The van der Waals surface area contributed by atoms with E-state index < -0.39 is 15.7 Å². The van der Waals surface area contributed by atoms with Gasteiger partial charge in [0.25, 0.3) is 5.91 Å². The Morgan fingerprint density at radius 1 is 1.13 bits per heavy atom. The van der Waals surface area contributed by atoms with Gasteiger partial charge in [-0.2, -0.15) is 0 Å². The van der Waals surface area contributed by atoms with Crippen LogP contribution in [0, 0.1) is 0 Å². The van der Waals surface area contributed by atoms with E-state index in [1.165, 1.54) is 18.2 Å². The number of carbonyl (C=O) groups excluding carboxylic acids is 1. The minimum atomic E-state index is -3.42. The molecule has 1 aliphatic heterocycles. The van der Waals surface area contributed by atoms with Crippen molar-refractivity contribution in [3.8, 4) is 0 Å². The standard InChI is InChI=1S/C16H14N2O4S/c1-23(21,22)12-7-8-14-13(9-12)16(11-5-3-2-4-6-11)18(20)10-15(19)17-14/h2-9,20H,10H2,1H3. The molecule has 2 aromatic rings. The van der Waals surface area contributed by atoms with Crippen LogP contribution >= 0.6 is 0 Å². The summed E-state index contributed by atoms with van der Waals surface area (Å²) in [4.78, 5) is 15.8. The highest BCUT2D eigenvalue weighted by Crippen LogP contribution is 2.15. The van der Waals surface area contributed by atoms with Crippen molar-refractivity contribution in [2.45, 2.75) is 4.90 Å². The van der Waals surface area contributed by atoms with Crippen molar-refractivity contribution < 1.29 is 18.4 Å². The average molecular weight is 330 g/mol. The second kappa shape index (κ2) is 5.60. The summed E-state index contributed by atoms with van der Waals surface area (Å²) in [5, 5.41) is 11.8. The number of benzene rings is 2. The van der Waals surface area contributed by atoms with E-state index in [-0.39, 0.29) is 11.4 Å². The summed E-state index contributed by atoms with van der Waals surface area (Å²) in [6, 6.07) is 13.3. The molecule has 0 atom stereocenters. The van der Waals surface area contributed by atoms with Crippen LogP contribution < -0.4 is 10.6 Å². The van der Waals surface area contributed by atoms with Crippen LogP contribution in [0.15, 0.2) is 58.4 Å². The fourth-order valence-corrected chi connectivity index (χ4v) is 3.10. The van der Waals surface area contributed by atoms with Crippen molar-refractivity contribution in [3.05, 3.63) is 64.7 Å². The third-order valence-corrected chi connectivity index (χ3v) is 4.60. The third-order valence-electron chi connectivity index (χ3n) is 3.49. The van der Waals surface area contributed by atoms with Gasteiger partial charge in [0.2, 0.25) is 0 Å². The second-order valence-electron chi connectivity index (χ2n) is 5.23. The first-order chi connectivity index (χ1) is 10.9.